The van der Waals surface area contributed by atoms with Crippen LogP contribution in [-0.4, -0.2) is 29.0 Å². The number of benzene rings is 2. The van der Waals surface area contributed by atoms with Crippen molar-refractivity contribution in [3.63, 3.8) is 0 Å². The van der Waals surface area contributed by atoms with Gasteiger partial charge in [-0.2, -0.15) is 23.4 Å². The highest BCUT2D eigenvalue weighted by Crippen LogP contribution is 2.27. The number of carbonyl (C=O) groups is 1. The molecule has 0 unspecified atom stereocenters. The van der Waals surface area contributed by atoms with Gasteiger partial charge in [0.2, 0.25) is 0 Å². The molecule has 2 aromatic carbocycles. The fraction of sp³-hybridized carbons (Fsp3) is 0.167. The Kier molecular flexibility index (Phi) is 5.11. The van der Waals surface area contributed by atoms with Crippen molar-refractivity contribution in [2.24, 2.45) is 5.10 Å². The molecule has 0 saturated heterocycles. The number of halogens is 3. The van der Waals surface area contributed by atoms with Crippen LogP contribution in [0.4, 0.5) is 13.2 Å². The Morgan fingerprint density at radius 1 is 1.26 bits per heavy atom. The molecule has 0 aliphatic carbocycles. The van der Waals surface area contributed by atoms with E-state index in [4.69, 9.17) is 4.74 Å². The second-order valence-electron chi connectivity index (χ2n) is 5.59. The highest BCUT2D eigenvalue weighted by atomic mass is 19.4. The van der Waals surface area contributed by atoms with Gasteiger partial charge < -0.3 is 4.74 Å². The van der Waals surface area contributed by atoms with Crippen molar-refractivity contribution >= 4 is 22.9 Å². The summed E-state index contributed by atoms with van der Waals surface area (Å²) in [5.74, 6) is -0.0316. The number of ether oxygens (including phenoxy) is 1. The third kappa shape index (κ3) is 4.25. The molecule has 0 aliphatic heterocycles. The second-order valence-corrected chi connectivity index (χ2v) is 5.59. The third-order valence-corrected chi connectivity index (χ3v) is 3.77. The van der Waals surface area contributed by atoms with E-state index in [9.17, 15) is 18.0 Å². The van der Waals surface area contributed by atoms with Gasteiger partial charge >= 0.3 is 6.18 Å². The topological polar surface area (TPSA) is 68.5 Å². The number of amides is 1. The van der Waals surface area contributed by atoms with Gasteiger partial charge in [0.05, 0.1) is 13.3 Å². The van der Waals surface area contributed by atoms with Crippen LogP contribution in [-0.2, 0) is 17.5 Å². The number of hydrazone groups is 1. The first kappa shape index (κ1) is 18.4. The Hall–Kier alpha value is -3.36. The van der Waals surface area contributed by atoms with Crippen molar-refractivity contribution in [1.29, 1.82) is 0 Å². The molecule has 140 valence electrons. The number of rotatable bonds is 5. The maximum atomic E-state index is 12.5. The minimum absolute atomic E-state index is 0.389. The number of hydrogen-bond acceptors (Lipinski definition) is 4. The van der Waals surface area contributed by atoms with Gasteiger partial charge in [0.25, 0.3) is 5.91 Å². The summed E-state index contributed by atoms with van der Waals surface area (Å²) >= 11 is 0. The fourth-order valence-corrected chi connectivity index (χ4v) is 2.54. The molecule has 0 radical (unpaired) electrons. The van der Waals surface area contributed by atoms with Crippen LogP contribution < -0.4 is 10.2 Å². The summed E-state index contributed by atoms with van der Waals surface area (Å²) < 4.78 is 43.8. The van der Waals surface area contributed by atoms with Crippen molar-refractivity contribution < 1.29 is 22.7 Å². The standard InChI is InChI=1S/C18H15F3N4O2/c1-27-15-7-6-12-4-2-3-5-13(12)14(15)10-22-23-17(26)11-25-9-8-16(24-25)18(19,20)21/h2-10H,11H2,1H3,(H,23,26)/b22-10-. The number of fused-ring (bicyclic) bond motifs is 1. The lowest BCUT2D eigenvalue weighted by atomic mass is 10.0. The van der Waals surface area contributed by atoms with E-state index in [0.29, 0.717) is 11.3 Å². The number of methoxy groups -OCH3 is 1. The molecule has 1 aromatic heterocycles. The Labute approximate surface area is 152 Å². The maximum Gasteiger partial charge on any atom is 0.435 e. The molecule has 1 amide bonds. The summed E-state index contributed by atoms with van der Waals surface area (Å²) in [4.78, 5) is 11.9. The molecule has 3 rings (SSSR count). The fourth-order valence-electron chi connectivity index (χ4n) is 2.54. The molecular weight excluding hydrogens is 361 g/mol. The number of nitrogens with zero attached hydrogens (tertiary/aromatic N) is 3. The Balaban J connectivity index is 1.71. The van der Waals surface area contributed by atoms with E-state index in [2.05, 4.69) is 15.6 Å². The zero-order valence-electron chi connectivity index (χ0n) is 14.2. The highest BCUT2D eigenvalue weighted by molar-refractivity contribution is 6.02. The summed E-state index contributed by atoms with van der Waals surface area (Å²) in [5, 5.41) is 9.06. The Morgan fingerprint density at radius 2 is 2.04 bits per heavy atom. The molecule has 0 saturated carbocycles. The third-order valence-electron chi connectivity index (χ3n) is 3.77. The van der Waals surface area contributed by atoms with Crippen LogP contribution in [0.5, 0.6) is 5.75 Å². The lowest BCUT2D eigenvalue weighted by Crippen LogP contribution is -2.23. The predicted octanol–water partition coefficient (Wildman–Crippen LogP) is 3.21. The van der Waals surface area contributed by atoms with Gasteiger partial charge in [-0.15, -0.1) is 0 Å². The van der Waals surface area contributed by atoms with Crippen LogP contribution in [0.3, 0.4) is 0 Å². The number of nitrogens with one attached hydrogen (secondary N) is 1. The molecule has 9 heteroatoms. The molecule has 0 spiro atoms. The highest BCUT2D eigenvalue weighted by Gasteiger charge is 2.33. The van der Waals surface area contributed by atoms with E-state index in [0.717, 1.165) is 27.7 Å². The van der Waals surface area contributed by atoms with Crippen LogP contribution in [0.2, 0.25) is 0 Å². The van der Waals surface area contributed by atoms with Gasteiger partial charge in [0.15, 0.2) is 5.69 Å². The number of alkyl halides is 3. The van der Waals surface area contributed by atoms with E-state index >= 15 is 0 Å². The van der Waals surface area contributed by atoms with Gasteiger partial charge in [0, 0.05) is 11.8 Å². The molecule has 0 atom stereocenters. The van der Waals surface area contributed by atoms with Crippen molar-refractivity contribution in [1.82, 2.24) is 15.2 Å². The van der Waals surface area contributed by atoms with E-state index < -0.39 is 17.8 Å². The molecule has 1 N–H and O–H groups in total. The van der Waals surface area contributed by atoms with Gasteiger partial charge in [-0.05, 0) is 22.9 Å². The summed E-state index contributed by atoms with van der Waals surface area (Å²) in [6.45, 7) is -0.389. The summed E-state index contributed by atoms with van der Waals surface area (Å²) in [6, 6.07) is 12.1. The molecule has 6 nitrogen and oxygen atoms in total. The molecule has 0 bridgehead atoms. The minimum atomic E-state index is -4.55. The van der Waals surface area contributed by atoms with Crippen molar-refractivity contribution in [2.75, 3.05) is 7.11 Å². The first-order valence-corrected chi connectivity index (χ1v) is 7.87. The van der Waals surface area contributed by atoms with Crippen LogP contribution >= 0.6 is 0 Å². The quantitative estimate of drug-likeness (QED) is 0.549. The van der Waals surface area contributed by atoms with Crippen molar-refractivity contribution in [3.8, 4) is 5.75 Å². The summed E-state index contributed by atoms with van der Waals surface area (Å²) in [6.07, 6.45) is -2.03. The van der Waals surface area contributed by atoms with Gasteiger partial charge in [-0.1, -0.05) is 30.3 Å². The predicted molar refractivity (Wildman–Crippen MR) is 93.5 cm³/mol. The smallest absolute Gasteiger partial charge is 0.435 e. The second kappa shape index (κ2) is 7.48. The van der Waals surface area contributed by atoms with Crippen LogP contribution in [0.15, 0.2) is 53.8 Å². The molecule has 0 aliphatic rings. The maximum absolute atomic E-state index is 12.5. The SMILES string of the molecule is COc1ccc2ccccc2c1/C=N\NC(=O)Cn1ccc(C(F)(F)F)n1. The largest absolute Gasteiger partial charge is 0.496 e. The van der Waals surface area contributed by atoms with Crippen LogP contribution in [0, 0.1) is 0 Å². The van der Waals surface area contributed by atoms with E-state index in [-0.39, 0.29) is 6.54 Å². The molecular formula is C18H15F3N4O2. The Morgan fingerprint density at radius 3 is 2.74 bits per heavy atom. The van der Waals surface area contributed by atoms with E-state index in [1.54, 1.807) is 6.07 Å². The van der Waals surface area contributed by atoms with Gasteiger partial charge in [-0.25, -0.2) is 5.43 Å². The van der Waals surface area contributed by atoms with Gasteiger partial charge in [-0.3, -0.25) is 9.48 Å². The van der Waals surface area contributed by atoms with Gasteiger partial charge in [0.1, 0.15) is 12.3 Å². The zero-order chi connectivity index (χ0) is 19.4. The number of aromatic nitrogens is 2. The average Bonchev–Trinajstić information content (AvgIpc) is 3.10. The molecule has 1 heterocycles. The molecule has 3 aromatic rings. The van der Waals surface area contributed by atoms with E-state index in [1.807, 2.05) is 30.3 Å². The lowest BCUT2D eigenvalue weighted by Gasteiger charge is -2.08. The van der Waals surface area contributed by atoms with Crippen molar-refractivity contribution in [2.45, 2.75) is 12.7 Å². The Bertz CT molecular complexity index is 996. The number of hydrogen-bond donors (Lipinski definition) is 1. The first-order chi connectivity index (χ1) is 12.9. The summed E-state index contributed by atoms with van der Waals surface area (Å²) in [7, 11) is 1.52. The van der Waals surface area contributed by atoms with Crippen LogP contribution in [0.25, 0.3) is 10.8 Å². The van der Waals surface area contributed by atoms with E-state index in [1.165, 1.54) is 13.3 Å². The average molecular weight is 376 g/mol. The lowest BCUT2D eigenvalue weighted by molar-refractivity contribution is -0.141. The zero-order valence-corrected chi connectivity index (χ0v) is 14.2. The first-order valence-electron chi connectivity index (χ1n) is 7.87. The normalized spacial score (nSPS) is 11.9. The monoisotopic (exact) mass is 376 g/mol. The summed E-state index contributed by atoms with van der Waals surface area (Å²) in [5.41, 5.74) is 1.90. The molecule has 27 heavy (non-hydrogen) atoms. The number of carbonyl (C=O) groups excluding carboxylic acids is 1. The minimum Gasteiger partial charge on any atom is -0.496 e. The molecule has 0 fully saturated rings. The van der Waals surface area contributed by atoms with Crippen LogP contribution in [0.1, 0.15) is 11.3 Å². The van der Waals surface area contributed by atoms with Crippen molar-refractivity contribution in [3.05, 3.63) is 59.9 Å².